The molecule has 2 amide bonds. The topological polar surface area (TPSA) is 76.5 Å². The Morgan fingerprint density at radius 1 is 1.12 bits per heavy atom. The fourth-order valence-electron chi connectivity index (χ4n) is 3.98. The van der Waals surface area contributed by atoms with Gasteiger partial charge in [-0.2, -0.15) is 0 Å². The summed E-state index contributed by atoms with van der Waals surface area (Å²) in [6.45, 7) is 9.29. The molecule has 1 unspecified atom stereocenters. The number of ether oxygens (including phenoxy) is 1. The van der Waals surface area contributed by atoms with E-state index in [4.69, 9.17) is 4.74 Å². The number of fused-ring (bicyclic) bond motifs is 1. The number of amides is 2. The summed E-state index contributed by atoms with van der Waals surface area (Å²) in [6.07, 6.45) is 0.386. The van der Waals surface area contributed by atoms with Crippen LogP contribution in [0.25, 0.3) is 11.0 Å². The van der Waals surface area contributed by atoms with Crippen molar-refractivity contribution in [3.05, 3.63) is 65.5 Å². The lowest BCUT2D eigenvalue weighted by molar-refractivity contribution is 0.0290. The van der Waals surface area contributed by atoms with Crippen LogP contribution in [0.15, 0.2) is 48.5 Å². The van der Waals surface area contributed by atoms with E-state index in [1.165, 1.54) is 0 Å². The Labute approximate surface area is 188 Å². The highest BCUT2D eigenvalue weighted by Crippen LogP contribution is 2.19. The number of para-hydroxylation sites is 2. The highest BCUT2D eigenvalue weighted by atomic mass is 16.6. The van der Waals surface area contributed by atoms with Gasteiger partial charge >= 0.3 is 6.09 Å². The highest BCUT2D eigenvalue weighted by molar-refractivity contribution is 5.94. The van der Waals surface area contributed by atoms with Gasteiger partial charge in [-0.25, -0.2) is 9.78 Å². The zero-order chi connectivity index (χ0) is 22.9. The lowest BCUT2D eigenvalue weighted by Crippen LogP contribution is -2.40. The van der Waals surface area contributed by atoms with Crippen molar-refractivity contribution in [2.24, 2.45) is 0 Å². The zero-order valence-electron chi connectivity index (χ0n) is 19.1. The minimum Gasteiger partial charge on any atom is -0.444 e. The summed E-state index contributed by atoms with van der Waals surface area (Å²) in [4.78, 5) is 31.2. The molecule has 2 aromatic carbocycles. The molecule has 1 aliphatic rings. The first-order valence-electron chi connectivity index (χ1n) is 11.0. The standard InChI is InChI=1S/C25H30N4O3/c1-17-26-21-7-5-6-8-22(21)29(17)15-18-9-11-19(12-10-18)23(30)27-20-13-14-28(16-20)24(31)32-25(2,3)4/h5-12,20H,13-16H2,1-4H3,(H,27,30). The number of benzene rings is 2. The second-order valence-corrected chi connectivity index (χ2v) is 9.32. The minimum absolute atomic E-state index is 0.0744. The molecular weight excluding hydrogens is 404 g/mol. The van der Waals surface area contributed by atoms with Crippen LogP contribution in [0.3, 0.4) is 0 Å². The van der Waals surface area contributed by atoms with Crippen LogP contribution in [0.1, 0.15) is 48.9 Å². The predicted octanol–water partition coefficient (Wildman–Crippen LogP) is 4.13. The fourth-order valence-corrected chi connectivity index (χ4v) is 3.98. The van der Waals surface area contributed by atoms with E-state index in [-0.39, 0.29) is 18.0 Å². The van der Waals surface area contributed by atoms with Crippen molar-refractivity contribution in [2.45, 2.75) is 52.3 Å². The first kappa shape index (κ1) is 21.9. The van der Waals surface area contributed by atoms with E-state index in [2.05, 4.69) is 20.9 Å². The third-order valence-electron chi connectivity index (χ3n) is 5.58. The normalized spacial score (nSPS) is 16.4. The summed E-state index contributed by atoms with van der Waals surface area (Å²) in [5, 5.41) is 3.04. The van der Waals surface area contributed by atoms with Crippen molar-refractivity contribution in [3.63, 3.8) is 0 Å². The Balaban J connectivity index is 1.36. The molecule has 7 nitrogen and oxygen atoms in total. The smallest absolute Gasteiger partial charge is 0.410 e. The molecular formula is C25H30N4O3. The minimum atomic E-state index is -0.526. The van der Waals surface area contributed by atoms with E-state index in [0.29, 0.717) is 25.2 Å². The van der Waals surface area contributed by atoms with Crippen molar-refractivity contribution < 1.29 is 14.3 Å². The number of carbonyl (C=O) groups excluding carboxylic acids is 2. The molecule has 1 aliphatic heterocycles. The lowest BCUT2D eigenvalue weighted by atomic mass is 10.1. The number of rotatable bonds is 4. The van der Waals surface area contributed by atoms with Gasteiger partial charge in [-0.1, -0.05) is 24.3 Å². The summed E-state index contributed by atoms with van der Waals surface area (Å²) in [7, 11) is 0. The molecule has 7 heteroatoms. The van der Waals surface area contributed by atoms with Crippen molar-refractivity contribution in [1.29, 1.82) is 0 Å². The van der Waals surface area contributed by atoms with Gasteiger partial charge in [-0.15, -0.1) is 0 Å². The second-order valence-electron chi connectivity index (χ2n) is 9.32. The van der Waals surface area contributed by atoms with Crippen LogP contribution in [-0.4, -0.2) is 51.2 Å². The molecule has 0 radical (unpaired) electrons. The Hall–Kier alpha value is -3.35. The molecule has 0 aliphatic carbocycles. The molecule has 1 N–H and O–H groups in total. The van der Waals surface area contributed by atoms with E-state index in [1.807, 2.05) is 70.2 Å². The zero-order valence-corrected chi connectivity index (χ0v) is 19.1. The highest BCUT2D eigenvalue weighted by Gasteiger charge is 2.30. The Morgan fingerprint density at radius 2 is 1.84 bits per heavy atom. The van der Waals surface area contributed by atoms with Crippen molar-refractivity contribution in [1.82, 2.24) is 19.8 Å². The maximum Gasteiger partial charge on any atom is 0.410 e. The van der Waals surface area contributed by atoms with Crippen molar-refractivity contribution in [3.8, 4) is 0 Å². The Morgan fingerprint density at radius 3 is 2.56 bits per heavy atom. The molecule has 4 rings (SSSR count). The van der Waals surface area contributed by atoms with Crippen LogP contribution in [0, 0.1) is 6.92 Å². The van der Waals surface area contributed by atoms with Gasteiger partial charge in [0.25, 0.3) is 5.91 Å². The number of carbonyl (C=O) groups is 2. The van der Waals surface area contributed by atoms with Gasteiger partial charge < -0.3 is 19.5 Å². The van der Waals surface area contributed by atoms with E-state index in [1.54, 1.807) is 4.90 Å². The maximum absolute atomic E-state index is 12.7. The van der Waals surface area contributed by atoms with Gasteiger partial charge in [0.2, 0.25) is 0 Å². The van der Waals surface area contributed by atoms with E-state index < -0.39 is 5.60 Å². The Bertz CT molecular complexity index is 1130. The summed E-state index contributed by atoms with van der Waals surface area (Å²) >= 11 is 0. The average Bonchev–Trinajstić information content (AvgIpc) is 3.32. The molecule has 32 heavy (non-hydrogen) atoms. The molecule has 168 valence electrons. The summed E-state index contributed by atoms with van der Waals surface area (Å²) in [6, 6.07) is 15.7. The van der Waals surface area contributed by atoms with Gasteiger partial charge in [0.15, 0.2) is 0 Å². The summed E-state index contributed by atoms with van der Waals surface area (Å²) in [5.74, 6) is 0.834. The van der Waals surface area contributed by atoms with Gasteiger partial charge in [-0.05, 0) is 63.9 Å². The third kappa shape index (κ3) is 4.93. The van der Waals surface area contributed by atoms with E-state index >= 15 is 0 Å². The summed E-state index contributed by atoms with van der Waals surface area (Å²) < 4.78 is 7.59. The van der Waals surface area contributed by atoms with Crippen LogP contribution in [-0.2, 0) is 11.3 Å². The van der Waals surface area contributed by atoms with E-state index in [9.17, 15) is 9.59 Å². The monoisotopic (exact) mass is 434 g/mol. The predicted molar refractivity (Wildman–Crippen MR) is 124 cm³/mol. The van der Waals surface area contributed by atoms with Crippen LogP contribution in [0.2, 0.25) is 0 Å². The molecule has 1 saturated heterocycles. The van der Waals surface area contributed by atoms with Crippen LogP contribution < -0.4 is 5.32 Å². The molecule has 1 aromatic heterocycles. The van der Waals surface area contributed by atoms with Gasteiger partial charge in [0.1, 0.15) is 11.4 Å². The van der Waals surface area contributed by atoms with Gasteiger partial charge in [-0.3, -0.25) is 4.79 Å². The third-order valence-corrected chi connectivity index (χ3v) is 5.58. The number of aromatic nitrogens is 2. The Kier molecular flexibility index (Phi) is 5.91. The molecule has 0 bridgehead atoms. The van der Waals surface area contributed by atoms with Crippen LogP contribution >= 0.6 is 0 Å². The average molecular weight is 435 g/mol. The quantitative estimate of drug-likeness (QED) is 0.670. The van der Waals surface area contributed by atoms with Crippen LogP contribution in [0.4, 0.5) is 4.79 Å². The number of likely N-dealkylation sites (tertiary alicyclic amines) is 1. The SMILES string of the molecule is Cc1nc2ccccc2n1Cc1ccc(C(=O)NC2CCN(C(=O)OC(C)(C)C)C2)cc1. The fraction of sp³-hybridized carbons (Fsp3) is 0.400. The van der Waals surface area contributed by atoms with Crippen molar-refractivity contribution >= 4 is 23.0 Å². The molecule has 0 saturated carbocycles. The number of aryl methyl sites for hydroxylation is 1. The largest absolute Gasteiger partial charge is 0.444 e. The first-order chi connectivity index (χ1) is 15.2. The molecule has 1 atom stereocenters. The van der Waals surface area contributed by atoms with E-state index in [0.717, 1.165) is 28.8 Å². The lowest BCUT2D eigenvalue weighted by Gasteiger charge is -2.24. The molecule has 1 fully saturated rings. The molecule has 0 spiro atoms. The maximum atomic E-state index is 12.7. The summed E-state index contributed by atoms with van der Waals surface area (Å²) in [5.41, 5.74) is 3.27. The molecule has 3 aromatic rings. The van der Waals surface area contributed by atoms with Gasteiger partial charge in [0.05, 0.1) is 11.0 Å². The van der Waals surface area contributed by atoms with Crippen LogP contribution in [0.5, 0.6) is 0 Å². The van der Waals surface area contributed by atoms with Crippen molar-refractivity contribution in [2.75, 3.05) is 13.1 Å². The van der Waals surface area contributed by atoms with Gasteiger partial charge in [0, 0.05) is 31.2 Å². The number of nitrogens with zero attached hydrogens (tertiary/aromatic N) is 3. The number of hydrogen-bond donors (Lipinski definition) is 1. The number of hydrogen-bond acceptors (Lipinski definition) is 4. The molecule has 2 heterocycles. The number of nitrogens with one attached hydrogen (secondary N) is 1. The number of imidazole rings is 1. The second kappa shape index (κ2) is 8.65. The first-order valence-corrected chi connectivity index (χ1v) is 11.0.